The molecule has 3 rings (SSSR count). The van der Waals surface area contributed by atoms with Crippen molar-refractivity contribution in [3.05, 3.63) is 29.8 Å². The minimum absolute atomic E-state index is 0. The van der Waals surface area contributed by atoms with Crippen molar-refractivity contribution < 1.29 is 9.53 Å². The molecule has 0 atom stereocenters. The summed E-state index contributed by atoms with van der Waals surface area (Å²) in [5.74, 6) is 1.92. The van der Waals surface area contributed by atoms with Crippen molar-refractivity contribution in [2.24, 2.45) is 5.92 Å². The van der Waals surface area contributed by atoms with Crippen LogP contribution in [0.15, 0.2) is 24.3 Å². The second-order valence-electron chi connectivity index (χ2n) is 6.91. The molecule has 0 bridgehead atoms. The van der Waals surface area contributed by atoms with E-state index in [1.165, 1.54) is 6.42 Å². The molecule has 0 aromatic heterocycles. The number of hydrogen-bond donors (Lipinski definition) is 1. The smallest absolute Gasteiger partial charge is 0.233 e. The average molecular weight is 353 g/mol. The van der Waals surface area contributed by atoms with Gasteiger partial charge in [0.1, 0.15) is 5.75 Å². The van der Waals surface area contributed by atoms with E-state index in [0.717, 1.165) is 62.5 Å². The number of hydrogen-bond acceptors (Lipinski definition) is 3. The molecule has 1 aromatic rings. The maximum atomic E-state index is 13.1. The lowest BCUT2D eigenvalue weighted by Crippen LogP contribution is -2.44. The van der Waals surface area contributed by atoms with Crippen LogP contribution in [0.2, 0.25) is 0 Å². The maximum Gasteiger partial charge on any atom is 0.233 e. The highest BCUT2D eigenvalue weighted by Gasteiger charge is 2.54. The molecular weight excluding hydrogens is 324 g/mol. The monoisotopic (exact) mass is 352 g/mol. The third-order valence-corrected chi connectivity index (χ3v) is 5.49. The Bertz CT molecular complexity index is 552. The topological polar surface area (TPSA) is 41.6 Å². The molecule has 1 heterocycles. The average Bonchev–Trinajstić information content (AvgIpc) is 3.41. The number of ether oxygens (including phenoxy) is 1. The number of carbonyl (C=O) groups excluding carboxylic acids is 1. The second kappa shape index (κ2) is 8.21. The van der Waals surface area contributed by atoms with Gasteiger partial charge in [0.15, 0.2) is 0 Å². The number of carbonyl (C=O) groups is 1. The molecule has 24 heavy (non-hydrogen) atoms. The normalized spacial score (nSPS) is 19.5. The standard InChI is InChI=1S/C19H28N2O2.ClH/c1-20-12-7-15-8-13-21(14-9-15)18(22)19(10-11-19)16-5-3-4-6-17(16)23-2;/h3-6,15,20H,7-14H2,1-2H3;1H. The van der Waals surface area contributed by atoms with E-state index in [1.807, 2.05) is 25.2 Å². The Morgan fingerprint density at radius 1 is 1.29 bits per heavy atom. The fourth-order valence-electron chi connectivity index (χ4n) is 3.84. The van der Waals surface area contributed by atoms with Crippen LogP contribution in [0.1, 0.15) is 37.7 Å². The fraction of sp³-hybridized carbons (Fsp3) is 0.632. The van der Waals surface area contributed by atoms with Crippen LogP contribution >= 0.6 is 12.4 Å². The summed E-state index contributed by atoms with van der Waals surface area (Å²) in [5.41, 5.74) is 0.759. The Kier molecular flexibility index (Phi) is 6.53. The number of likely N-dealkylation sites (tertiary alicyclic amines) is 1. The van der Waals surface area contributed by atoms with E-state index >= 15 is 0 Å². The van der Waals surface area contributed by atoms with Gasteiger partial charge in [0.2, 0.25) is 5.91 Å². The number of piperidine rings is 1. The third kappa shape index (κ3) is 3.70. The zero-order valence-corrected chi connectivity index (χ0v) is 15.5. The van der Waals surface area contributed by atoms with Crippen molar-refractivity contribution in [2.75, 3.05) is 33.8 Å². The number of para-hydroxylation sites is 1. The largest absolute Gasteiger partial charge is 0.496 e. The van der Waals surface area contributed by atoms with E-state index < -0.39 is 0 Å². The van der Waals surface area contributed by atoms with Crippen LogP contribution in [0, 0.1) is 5.92 Å². The number of methoxy groups -OCH3 is 1. The van der Waals surface area contributed by atoms with Gasteiger partial charge < -0.3 is 15.0 Å². The van der Waals surface area contributed by atoms with E-state index in [0.29, 0.717) is 5.91 Å². The van der Waals surface area contributed by atoms with E-state index in [2.05, 4.69) is 16.3 Å². The van der Waals surface area contributed by atoms with Gasteiger partial charge in [-0.15, -0.1) is 12.4 Å². The zero-order valence-electron chi connectivity index (χ0n) is 14.7. The maximum absolute atomic E-state index is 13.1. The van der Waals surface area contributed by atoms with Crippen LogP contribution in [0.5, 0.6) is 5.75 Å². The zero-order chi connectivity index (χ0) is 16.3. The van der Waals surface area contributed by atoms with Crippen molar-refractivity contribution in [3.63, 3.8) is 0 Å². The molecule has 1 aliphatic carbocycles. The Morgan fingerprint density at radius 3 is 2.54 bits per heavy atom. The van der Waals surface area contributed by atoms with Crippen LogP contribution in [0.3, 0.4) is 0 Å². The second-order valence-corrected chi connectivity index (χ2v) is 6.91. The first-order valence-corrected chi connectivity index (χ1v) is 8.79. The molecular formula is C19H29ClN2O2. The number of amides is 1. The summed E-state index contributed by atoms with van der Waals surface area (Å²) < 4.78 is 5.49. The first-order valence-electron chi connectivity index (χ1n) is 8.79. The predicted molar refractivity (Wildman–Crippen MR) is 99.0 cm³/mol. The summed E-state index contributed by atoms with van der Waals surface area (Å²) in [6.45, 7) is 2.89. The molecule has 0 radical (unpaired) electrons. The minimum atomic E-state index is -0.315. The number of rotatable bonds is 6. The van der Waals surface area contributed by atoms with Crippen molar-refractivity contribution in [1.29, 1.82) is 0 Å². The quantitative estimate of drug-likeness (QED) is 0.855. The van der Waals surface area contributed by atoms with E-state index in [-0.39, 0.29) is 17.8 Å². The Labute approximate surface area is 151 Å². The van der Waals surface area contributed by atoms with E-state index in [1.54, 1.807) is 7.11 Å². The van der Waals surface area contributed by atoms with Gasteiger partial charge in [0, 0.05) is 18.7 Å². The van der Waals surface area contributed by atoms with Crippen LogP contribution in [0.4, 0.5) is 0 Å². The van der Waals surface area contributed by atoms with Gasteiger partial charge >= 0.3 is 0 Å². The van der Waals surface area contributed by atoms with Crippen molar-refractivity contribution >= 4 is 18.3 Å². The van der Waals surface area contributed by atoms with E-state index in [9.17, 15) is 4.79 Å². The molecule has 1 aromatic carbocycles. The van der Waals surface area contributed by atoms with Gasteiger partial charge in [-0.1, -0.05) is 18.2 Å². The number of nitrogens with one attached hydrogen (secondary N) is 1. The number of halogens is 1. The highest BCUT2D eigenvalue weighted by Crippen LogP contribution is 2.52. The molecule has 0 unspecified atom stereocenters. The molecule has 134 valence electrons. The summed E-state index contributed by atoms with van der Waals surface area (Å²) in [6, 6.07) is 8.00. The molecule has 5 heteroatoms. The summed E-state index contributed by atoms with van der Waals surface area (Å²) in [7, 11) is 3.69. The predicted octanol–water partition coefficient (Wildman–Crippen LogP) is 3.00. The molecule has 4 nitrogen and oxygen atoms in total. The van der Waals surface area contributed by atoms with Crippen molar-refractivity contribution in [2.45, 2.75) is 37.5 Å². The Hall–Kier alpha value is -1.26. The molecule has 1 amide bonds. The molecule has 1 aliphatic heterocycles. The third-order valence-electron chi connectivity index (χ3n) is 5.49. The highest BCUT2D eigenvalue weighted by atomic mass is 35.5. The van der Waals surface area contributed by atoms with Crippen molar-refractivity contribution in [3.8, 4) is 5.75 Å². The van der Waals surface area contributed by atoms with Gasteiger partial charge in [-0.2, -0.15) is 0 Å². The Balaban J connectivity index is 0.00000208. The van der Waals surface area contributed by atoms with Gasteiger partial charge in [-0.25, -0.2) is 0 Å². The lowest BCUT2D eigenvalue weighted by molar-refractivity contribution is -0.135. The fourth-order valence-corrected chi connectivity index (χ4v) is 3.84. The lowest BCUT2D eigenvalue weighted by Gasteiger charge is -2.35. The molecule has 1 N–H and O–H groups in total. The minimum Gasteiger partial charge on any atom is -0.496 e. The number of benzene rings is 1. The first-order chi connectivity index (χ1) is 11.2. The lowest BCUT2D eigenvalue weighted by atomic mass is 9.89. The molecule has 0 spiro atoms. The summed E-state index contributed by atoms with van der Waals surface area (Å²) in [6.07, 6.45) is 5.39. The SMILES string of the molecule is CNCCC1CCN(C(=O)C2(c3ccccc3OC)CC2)CC1.Cl. The van der Waals surface area contributed by atoms with Gasteiger partial charge in [0.05, 0.1) is 12.5 Å². The van der Waals surface area contributed by atoms with Crippen LogP contribution in [-0.2, 0) is 10.2 Å². The molecule has 1 saturated carbocycles. The Morgan fingerprint density at radius 2 is 1.96 bits per heavy atom. The summed E-state index contributed by atoms with van der Waals surface area (Å²) in [4.78, 5) is 15.2. The summed E-state index contributed by atoms with van der Waals surface area (Å²) in [5, 5.41) is 3.22. The van der Waals surface area contributed by atoms with Crippen LogP contribution in [-0.4, -0.2) is 44.6 Å². The van der Waals surface area contributed by atoms with Gasteiger partial charge in [0.25, 0.3) is 0 Å². The number of nitrogens with zero attached hydrogens (tertiary/aromatic N) is 1. The van der Waals surface area contributed by atoms with Gasteiger partial charge in [-0.05, 0) is 57.7 Å². The molecule has 1 saturated heterocycles. The van der Waals surface area contributed by atoms with E-state index in [4.69, 9.17) is 4.74 Å². The van der Waals surface area contributed by atoms with Crippen LogP contribution in [0.25, 0.3) is 0 Å². The van der Waals surface area contributed by atoms with Gasteiger partial charge in [-0.3, -0.25) is 4.79 Å². The van der Waals surface area contributed by atoms with Crippen molar-refractivity contribution in [1.82, 2.24) is 10.2 Å². The molecule has 2 fully saturated rings. The van der Waals surface area contributed by atoms with Crippen LogP contribution < -0.4 is 10.1 Å². The highest BCUT2D eigenvalue weighted by molar-refractivity contribution is 5.92. The molecule has 2 aliphatic rings. The first kappa shape index (κ1) is 19.1. The summed E-state index contributed by atoms with van der Waals surface area (Å²) >= 11 is 0.